The number of para-hydroxylation sites is 2. The second kappa shape index (κ2) is 14.7. The number of ether oxygens (including phenoxy) is 1. The second-order valence-corrected chi connectivity index (χ2v) is 12.3. The van der Waals surface area contributed by atoms with Crippen LogP contribution in [-0.4, -0.2) is 81.7 Å². The maximum Gasteiger partial charge on any atom is 0.255 e. The average molecular weight is 640 g/mol. The number of unbranched alkanes of at least 4 members (excludes halogenated alkanes) is 2. The smallest absolute Gasteiger partial charge is 0.255 e. The van der Waals surface area contributed by atoms with Crippen LogP contribution in [0.5, 0.6) is 5.75 Å². The van der Waals surface area contributed by atoms with Crippen molar-refractivity contribution in [3.05, 3.63) is 71.7 Å². The summed E-state index contributed by atoms with van der Waals surface area (Å²) >= 11 is 0. The van der Waals surface area contributed by atoms with Crippen LogP contribution in [0.3, 0.4) is 0 Å². The van der Waals surface area contributed by atoms with E-state index in [9.17, 15) is 19.2 Å². The van der Waals surface area contributed by atoms with Gasteiger partial charge in [0.2, 0.25) is 17.7 Å². The third kappa shape index (κ3) is 7.60. The molecule has 4 heterocycles. The molecule has 0 spiro atoms. The number of likely N-dealkylation sites (tertiary alicyclic amines) is 1. The molecule has 2 aromatic carbocycles. The maximum atomic E-state index is 12.9. The number of hydrogen-bond donors (Lipinski definition) is 3. The Kier molecular flexibility index (Phi) is 10.1. The fraction of sp³-hybridized carbons (Fsp3) is 0.429. The van der Waals surface area contributed by atoms with Gasteiger partial charge in [-0.2, -0.15) is 0 Å². The van der Waals surface area contributed by atoms with Crippen LogP contribution in [-0.2, 0) is 20.9 Å². The molecule has 246 valence electrons. The first-order chi connectivity index (χ1) is 22.9. The number of amides is 4. The highest BCUT2D eigenvalue weighted by Gasteiger charge is 2.39. The van der Waals surface area contributed by atoms with Crippen molar-refractivity contribution in [1.29, 1.82) is 0 Å². The van der Waals surface area contributed by atoms with E-state index in [1.54, 1.807) is 18.3 Å². The van der Waals surface area contributed by atoms with E-state index < -0.39 is 11.9 Å². The van der Waals surface area contributed by atoms with Crippen molar-refractivity contribution in [2.24, 2.45) is 5.73 Å². The van der Waals surface area contributed by atoms with Crippen molar-refractivity contribution < 1.29 is 23.9 Å². The molecule has 3 aliphatic rings. The van der Waals surface area contributed by atoms with Crippen LogP contribution in [0.2, 0.25) is 0 Å². The number of rotatable bonds is 12. The molecule has 1 aromatic heterocycles. The Labute approximate surface area is 273 Å². The van der Waals surface area contributed by atoms with Gasteiger partial charge in [0.1, 0.15) is 11.8 Å². The molecule has 4 amide bonds. The fourth-order valence-corrected chi connectivity index (χ4v) is 6.41. The number of nitrogens with zero attached hydrogens (tertiary/aromatic N) is 4. The zero-order chi connectivity index (χ0) is 32.8. The maximum absolute atomic E-state index is 12.9. The van der Waals surface area contributed by atoms with Crippen molar-refractivity contribution in [2.45, 2.75) is 70.0 Å². The van der Waals surface area contributed by atoms with E-state index in [1.807, 2.05) is 41.4 Å². The summed E-state index contributed by atoms with van der Waals surface area (Å²) in [5.41, 5.74) is 10.7. The van der Waals surface area contributed by atoms with Crippen LogP contribution in [0, 0.1) is 0 Å². The molecular weight excluding hydrogens is 598 g/mol. The number of nitrogens with two attached hydrogens (primary N) is 1. The quantitative estimate of drug-likeness (QED) is 0.200. The Morgan fingerprint density at radius 3 is 2.64 bits per heavy atom. The van der Waals surface area contributed by atoms with Crippen LogP contribution in [0.1, 0.15) is 73.0 Å². The number of hydrogen-bond acceptors (Lipinski definition) is 9. The fourth-order valence-electron chi connectivity index (χ4n) is 6.41. The van der Waals surface area contributed by atoms with Crippen molar-refractivity contribution in [3.63, 3.8) is 0 Å². The highest BCUT2D eigenvalue weighted by atomic mass is 16.5. The van der Waals surface area contributed by atoms with Gasteiger partial charge in [-0.3, -0.25) is 29.5 Å². The van der Waals surface area contributed by atoms with Gasteiger partial charge < -0.3 is 25.6 Å². The summed E-state index contributed by atoms with van der Waals surface area (Å²) in [6, 6.07) is 12.8. The minimum Gasteiger partial charge on any atom is -0.494 e. The van der Waals surface area contributed by atoms with E-state index in [4.69, 9.17) is 15.5 Å². The van der Waals surface area contributed by atoms with Crippen LogP contribution >= 0.6 is 0 Å². The SMILES string of the molecule is NC/C(=C\NC1CCN(C(=O)CCCCCOc2ccc3c(c2)CN(C2CCC(=O)NC2=O)C3=O)CC1)c1cnc2ccccc2n1. The molecule has 2 fully saturated rings. The highest BCUT2D eigenvalue weighted by molar-refractivity contribution is 6.05. The molecule has 1 atom stereocenters. The Bertz CT molecular complexity index is 1680. The summed E-state index contributed by atoms with van der Waals surface area (Å²) in [4.78, 5) is 62.1. The zero-order valence-corrected chi connectivity index (χ0v) is 26.5. The van der Waals surface area contributed by atoms with Gasteiger partial charge in [-0.25, -0.2) is 4.98 Å². The molecule has 1 unspecified atom stereocenters. The van der Waals surface area contributed by atoms with E-state index in [0.29, 0.717) is 43.9 Å². The van der Waals surface area contributed by atoms with Crippen LogP contribution in [0.4, 0.5) is 0 Å². The summed E-state index contributed by atoms with van der Waals surface area (Å²) in [7, 11) is 0. The number of carbonyl (C=O) groups excluding carboxylic acids is 4. The van der Waals surface area contributed by atoms with E-state index in [0.717, 1.165) is 73.1 Å². The molecule has 0 aliphatic carbocycles. The first-order valence-corrected chi connectivity index (χ1v) is 16.4. The number of nitrogens with one attached hydrogen (secondary N) is 2. The van der Waals surface area contributed by atoms with E-state index in [2.05, 4.69) is 15.6 Å². The van der Waals surface area contributed by atoms with Gasteiger partial charge in [-0.05, 0) is 74.4 Å². The predicted molar refractivity (Wildman–Crippen MR) is 176 cm³/mol. The summed E-state index contributed by atoms with van der Waals surface area (Å²) in [6.07, 6.45) is 9.02. The lowest BCUT2D eigenvalue weighted by Gasteiger charge is -2.32. The highest BCUT2D eigenvalue weighted by Crippen LogP contribution is 2.30. The van der Waals surface area contributed by atoms with Crippen molar-refractivity contribution in [2.75, 3.05) is 26.2 Å². The molecule has 4 N–H and O–H groups in total. The first kappa shape index (κ1) is 32.1. The lowest BCUT2D eigenvalue weighted by Crippen LogP contribution is -2.52. The van der Waals surface area contributed by atoms with Crippen LogP contribution < -0.4 is 21.1 Å². The van der Waals surface area contributed by atoms with Gasteiger partial charge in [0, 0.05) is 62.4 Å². The Balaban J connectivity index is 0.874. The molecule has 0 saturated carbocycles. The zero-order valence-electron chi connectivity index (χ0n) is 26.5. The normalized spacial score (nSPS) is 18.8. The standard InChI is InChI=1S/C35H41N7O5/c36-19-24(30-21-38-28-6-3-4-7-29(28)39-30)20-37-25-13-15-41(16-14-25)33(44)8-2-1-5-17-47-26-9-10-27-23(18-26)22-42(35(27)46)31-11-12-32(43)40-34(31)45/h3-4,6-7,9-10,18,20-21,25,31,37H,1-2,5,8,11-17,19,22,36H2,(H,40,43,45)/b24-20+. The van der Waals surface area contributed by atoms with Gasteiger partial charge in [-0.15, -0.1) is 0 Å². The molecule has 47 heavy (non-hydrogen) atoms. The first-order valence-electron chi connectivity index (χ1n) is 16.4. The van der Waals surface area contributed by atoms with E-state index >= 15 is 0 Å². The molecule has 12 heteroatoms. The lowest BCUT2D eigenvalue weighted by atomic mass is 10.0. The number of imide groups is 1. The minimum absolute atomic E-state index is 0.192. The molecule has 12 nitrogen and oxygen atoms in total. The molecule has 2 saturated heterocycles. The number of aromatic nitrogens is 2. The average Bonchev–Trinajstić information content (AvgIpc) is 3.41. The van der Waals surface area contributed by atoms with E-state index in [1.165, 1.54) is 4.90 Å². The van der Waals surface area contributed by atoms with Gasteiger partial charge in [0.05, 0.1) is 29.5 Å². The number of fused-ring (bicyclic) bond motifs is 2. The molecule has 3 aromatic rings. The molecular formula is C35H41N7O5. The Morgan fingerprint density at radius 2 is 1.85 bits per heavy atom. The summed E-state index contributed by atoms with van der Waals surface area (Å²) in [5, 5.41) is 5.81. The van der Waals surface area contributed by atoms with Crippen LogP contribution in [0.25, 0.3) is 16.6 Å². The van der Waals surface area contributed by atoms with Crippen molar-refractivity contribution in [3.8, 4) is 5.75 Å². The number of carbonyl (C=O) groups is 4. The predicted octanol–water partition coefficient (Wildman–Crippen LogP) is 2.91. The monoisotopic (exact) mass is 639 g/mol. The minimum atomic E-state index is -0.633. The summed E-state index contributed by atoms with van der Waals surface area (Å²) in [6.45, 7) is 2.63. The van der Waals surface area contributed by atoms with E-state index in [-0.39, 0.29) is 30.2 Å². The third-order valence-electron chi connectivity index (χ3n) is 9.14. The Hall–Kier alpha value is -4.84. The van der Waals surface area contributed by atoms with Crippen LogP contribution in [0.15, 0.2) is 54.9 Å². The number of benzene rings is 2. The largest absolute Gasteiger partial charge is 0.494 e. The topological polar surface area (TPSA) is 160 Å². The molecule has 0 bridgehead atoms. The summed E-state index contributed by atoms with van der Waals surface area (Å²) < 4.78 is 5.94. The number of piperidine rings is 2. The van der Waals surface area contributed by atoms with Crippen molar-refractivity contribution >= 4 is 40.2 Å². The van der Waals surface area contributed by atoms with Gasteiger partial charge in [0.25, 0.3) is 5.91 Å². The van der Waals surface area contributed by atoms with Gasteiger partial charge >= 0.3 is 0 Å². The molecule has 6 rings (SSSR count). The van der Waals surface area contributed by atoms with Gasteiger partial charge in [-0.1, -0.05) is 12.1 Å². The second-order valence-electron chi connectivity index (χ2n) is 12.3. The lowest BCUT2D eigenvalue weighted by molar-refractivity contribution is -0.137. The molecule has 3 aliphatic heterocycles. The van der Waals surface area contributed by atoms with Gasteiger partial charge in [0.15, 0.2) is 0 Å². The molecule has 0 radical (unpaired) electrons. The third-order valence-corrected chi connectivity index (χ3v) is 9.14. The Morgan fingerprint density at radius 1 is 1.04 bits per heavy atom. The van der Waals surface area contributed by atoms with Crippen molar-refractivity contribution in [1.82, 2.24) is 30.4 Å². The summed E-state index contributed by atoms with van der Waals surface area (Å²) in [5.74, 6) is -0.0526.